The van der Waals surface area contributed by atoms with Gasteiger partial charge in [-0.1, -0.05) is 18.2 Å². The smallest absolute Gasteiger partial charge is 0.326 e. The average Bonchev–Trinajstić information content (AvgIpc) is 2.96. The highest BCUT2D eigenvalue weighted by molar-refractivity contribution is 7.12. The molecular formula is C14H18N2O4S. The molecule has 1 rings (SSSR count). The van der Waals surface area contributed by atoms with Gasteiger partial charge in [-0.25, -0.2) is 4.79 Å². The Morgan fingerprint density at radius 3 is 2.71 bits per heavy atom. The molecule has 0 aromatic carbocycles. The second-order valence-corrected chi connectivity index (χ2v) is 5.35. The fourth-order valence-electron chi connectivity index (χ4n) is 1.61. The number of carbonyl (C=O) groups is 3. The summed E-state index contributed by atoms with van der Waals surface area (Å²) in [6, 6.07) is 2.44. The van der Waals surface area contributed by atoms with Crippen LogP contribution in [0.4, 0.5) is 0 Å². The molecule has 0 spiro atoms. The second-order valence-electron chi connectivity index (χ2n) is 4.40. The Kier molecular flexibility index (Phi) is 6.61. The maximum atomic E-state index is 12.0. The van der Waals surface area contributed by atoms with Crippen molar-refractivity contribution in [2.24, 2.45) is 0 Å². The van der Waals surface area contributed by atoms with Crippen LogP contribution in [0.3, 0.4) is 0 Å². The zero-order valence-electron chi connectivity index (χ0n) is 11.9. The van der Waals surface area contributed by atoms with Crippen molar-refractivity contribution in [2.45, 2.75) is 19.4 Å². The molecule has 0 bridgehead atoms. The molecule has 0 aliphatic carbocycles. The van der Waals surface area contributed by atoms with Crippen LogP contribution in [0.25, 0.3) is 0 Å². The third kappa shape index (κ3) is 5.39. The molecule has 1 aromatic rings. The van der Waals surface area contributed by atoms with Crippen molar-refractivity contribution in [3.05, 3.63) is 34.5 Å². The van der Waals surface area contributed by atoms with Crippen LogP contribution in [-0.4, -0.2) is 47.4 Å². The minimum atomic E-state index is -1.10. The number of hydrogen-bond donors (Lipinski definition) is 2. The molecule has 0 saturated heterocycles. The number of carbonyl (C=O) groups excluding carboxylic acids is 2. The van der Waals surface area contributed by atoms with E-state index in [9.17, 15) is 14.4 Å². The van der Waals surface area contributed by atoms with E-state index in [1.165, 1.54) is 23.3 Å². The van der Waals surface area contributed by atoms with Crippen LogP contribution < -0.4 is 5.32 Å². The normalized spacial score (nSPS) is 12.1. The Hall–Kier alpha value is -2.15. The van der Waals surface area contributed by atoms with Crippen molar-refractivity contribution in [3.8, 4) is 0 Å². The van der Waals surface area contributed by atoms with Crippen molar-refractivity contribution < 1.29 is 19.5 Å². The molecule has 2 N–H and O–H groups in total. The molecule has 2 amide bonds. The predicted molar refractivity (Wildman–Crippen MR) is 80.3 cm³/mol. The largest absolute Gasteiger partial charge is 0.480 e. The lowest BCUT2D eigenvalue weighted by molar-refractivity contribution is -0.141. The van der Waals surface area contributed by atoms with Gasteiger partial charge in [-0.2, -0.15) is 0 Å². The highest BCUT2D eigenvalue weighted by atomic mass is 32.1. The molecule has 1 unspecified atom stereocenters. The van der Waals surface area contributed by atoms with Gasteiger partial charge in [-0.15, -0.1) is 11.3 Å². The molecule has 0 aliphatic heterocycles. The van der Waals surface area contributed by atoms with Crippen LogP contribution in [0.1, 0.15) is 23.0 Å². The summed E-state index contributed by atoms with van der Waals surface area (Å²) in [5, 5.41) is 13.2. The molecule has 0 aliphatic rings. The maximum Gasteiger partial charge on any atom is 0.326 e. The van der Waals surface area contributed by atoms with Crippen molar-refractivity contribution >= 4 is 29.1 Å². The van der Waals surface area contributed by atoms with Gasteiger partial charge in [0.05, 0.1) is 11.4 Å². The summed E-state index contributed by atoms with van der Waals surface area (Å²) in [6.45, 7) is 1.59. The minimum Gasteiger partial charge on any atom is -0.480 e. The fourth-order valence-corrected chi connectivity index (χ4v) is 2.33. The van der Waals surface area contributed by atoms with Crippen molar-refractivity contribution in [1.29, 1.82) is 0 Å². The van der Waals surface area contributed by atoms with Gasteiger partial charge in [-0.3, -0.25) is 9.59 Å². The lowest BCUT2D eigenvalue weighted by Gasteiger charge is -2.18. The maximum absolute atomic E-state index is 12.0. The van der Waals surface area contributed by atoms with Crippen LogP contribution in [0, 0.1) is 0 Å². The number of thiophene rings is 1. The minimum absolute atomic E-state index is 0.184. The Morgan fingerprint density at radius 2 is 2.19 bits per heavy atom. The first-order valence-electron chi connectivity index (χ1n) is 6.38. The Labute approximate surface area is 127 Å². The molecular weight excluding hydrogens is 292 g/mol. The number of rotatable bonds is 7. The molecule has 0 fully saturated rings. The molecule has 0 saturated carbocycles. The third-order valence-electron chi connectivity index (χ3n) is 2.70. The van der Waals surface area contributed by atoms with Crippen LogP contribution in [0.15, 0.2) is 29.7 Å². The lowest BCUT2D eigenvalue weighted by atomic mass is 10.2. The zero-order chi connectivity index (χ0) is 15.8. The number of carboxylic acids is 1. The van der Waals surface area contributed by atoms with E-state index in [0.717, 1.165) is 0 Å². The topological polar surface area (TPSA) is 86.7 Å². The van der Waals surface area contributed by atoms with E-state index >= 15 is 0 Å². The van der Waals surface area contributed by atoms with E-state index < -0.39 is 17.9 Å². The van der Waals surface area contributed by atoms with Crippen molar-refractivity contribution in [3.63, 3.8) is 0 Å². The van der Waals surface area contributed by atoms with Gasteiger partial charge in [-0.05, 0) is 24.8 Å². The summed E-state index contributed by atoms with van der Waals surface area (Å²) in [6.07, 6.45) is 3.59. The monoisotopic (exact) mass is 310 g/mol. The number of likely N-dealkylation sites (N-methyl/N-ethyl adjacent to an activating group) is 1. The van der Waals surface area contributed by atoms with Crippen LogP contribution in [-0.2, 0) is 9.59 Å². The first-order valence-corrected chi connectivity index (χ1v) is 7.26. The van der Waals surface area contributed by atoms with E-state index in [4.69, 9.17) is 5.11 Å². The van der Waals surface area contributed by atoms with E-state index in [2.05, 4.69) is 5.32 Å². The summed E-state index contributed by atoms with van der Waals surface area (Å²) in [5.41, 5.74) is 0. The molecule has 6 nitrogen and oxygen atoms in total. The van der Waals surface area contributed by atoms with Gasteiger partial charge in [0.15, 0.2) is 0 Å². The number of amides is 2. The van der Waals surface area contributed by atoms with E-state index in [1.54, 1.807) is 36.6 Å². The molecule has 21 heavy (non-hydrogen) atoms. The highest BCUT2D eigenvalue weighted by Crippen LogP contribution is 2.10. The summed E-state index contributed by atoms with van der Waals surface area (Å²) in [5.74, 6) is -1.87. The first kappa shape index (κ1) is 16.9. The van der Waals surface area contributed by atoms with E-state index in [0.29, 0.717) is 4.88 Å². The Balaban J connectivity index is 2.55. The standard InChI is InChI=1S/C14H18N2O4S/c1-3-4-6-10(14(19)20)15-12(17)9-16(2)13(18)11-7-5-8-21-11/h3-5,7-8,10H,6,9H2,1-2H3,(H,15,17)(H,19,20)/b4-3+. The number of nitrogens with one attached hydrogen (secondary N) is 1. The van der Waals surface area contributed by atoms with Gasteiger partial charge in [0.2, 0.25) is 5.91 Å². The van der Waals surface area contributed by atoms with Gasteiger partial charge in [0, 0.05) is 7.05 Å². The summed E-state index contributed by atoms with van der Waals surface area (Å²) in [7, 11) is 1.50. The van der Waals surface area contributed by atoms with Gasteiger partial charge in [0.1, 0.15) is 6.04 Å². The molecule has 1 heterocycles. The van der Waals surface area contributed by atoms with Gasteiger partial charge < -0.3 is 15.3 Å². The second kappa shape index (κ2) is 8.21. The molecule has 1 aromatic heterocycles. The lowest BCUT2D eigenvalue weighted by Crippen LogP contribution is -2.45. The number of nitrogens with zero attached hydrogens (tertiary/aromatic N) is 1. The predicted octanol–water partition coefficient (Wildman–Crippen LogP) is 1.36. The van der Waals surface area contributed by atoms with Crippen molar-refractivity contribution in [2.75, 3.05) is 13.6 Å². The number of aliphatic carboxylic acids is 1. The van der Waals surface area contributed by atoms with Gasteiger partial charge in [0.25, 0.3) is 5.91 Å². The Morgan fingerprint density at radius 1 is 1.48 bits per heavy atom. The summed E-state index contributed by atoms with van der Waals surface area (Å²) >= 11 is 1.29. The summed E-state index contributed by atoms with van der Waals surface area (Å²) in [4.78, 5) is 36.6. The number of carboxylic acid groups (broad SMARTS) is 1. The number of allylic oxidation sites excluding steroid dienone is 1. The molecule has 1 atom stereocenters. The Bertz CT molecular complexity index is 525. The quantitative estimate of drug-likeness (QED) is 0.744. The van der Waals surface area contributed by atoms with Crippen molar-refractivity contribution in [1.82, 2.24) is 10.2 Å². The third-order valence-corrected chi connectivity index (χ3v) is 3.56. The van der Waals surface area contributed by atoms with Crippen LogP contribution in [0.2, 0.25) is 0 Å². The van der Waals surface area contributed by atoms with Crippen LogP contribution in [0.5, 0.6) is 0 Å². The highest BCUT2D eigenvalue weighted by Gasteiger charge is 2.21. The summed E-state index contributed by atoms with van der Waals surface area (Å²) < 4.78 is 0. The average molecular weight is 310 g/mol. The molecule has 7 heteroatoms. The molecule has 0 radical (unpaired) electrons. The van der Waals surface area contributed by atoms with E-state index in [-0.39, 0.29) is 18.9 Å². The molecule has 114 valence electrons. The van der Waals surface area contributed by atoms with Gasteiger partial charge >= 0.3 is 5.97 Å². The SMILES string of the molecule is C/C=C/CC(NC(=O)CN(C)C(=O)c1cccs1)C(=O)O. The zero-order valence-corrected chi connectivity index (χ0v) is 12.7. The first-order chi connectivity index (χ1) is 9.95. The van der Waals surface area contributed by atoms with Crippen LogP contribution >= 0.6 is 11.3 Å². The fraction of sp³-hybridized carbons (Fsp3) is 0.357. The number of hydrogen-bond acceptors (Lipinski definition) is 4. The van der Waals surface area contributed by atoms with E-state index in [1.807, 2.05) is 0 Å².